The standard InChI is InChI=1S/C17H19N3O/c1-13(2)17(21)20-11-9-19(10-12-20)16-8-7-14-5-3-4-6-15(14)18-16/h3-8H,1,9-12H2,2H3. The number of fused-ring (bicyclic) bond motifs is 1. The predicted molar refractivity (Wildman–Crippen MR) is 85.4 cm³/mol. The number of para-hydroxylation sites is 1. The molecular formula is C17H19N3O. The van der Waals surface area contributed by atoms with E-state index in [-0.39, 0.29) is 5.91 Å². The molecule has 1 aliphatic rings. The number of aromatic nitrogens is 1. The summed E-state index contributed by atoms with van der Waals surface area (Å²) in [5, 5.41) is 1.15. The summed E-state index contributed by atoms with van der Waals surface area (Å²) < 4.78 is 0. The van der Waals surface area contributed by atoms with Crippen molar-refractivity contribution in [3.8, 4) is 0 Å². The highest BCUT2D eigenvalue weighted by Gasteiger charge is 2.22. The molecule has 0 saturated carbocycles. The molecule has 2 aromatic rings. The second-order valence-corrected chi connectivity index (χ2v) is 5.42. The summed E-state index contributed by atoms with van der Waals surface area (Å²) in [5.41, 5.74) is 1.61. The SMILES string of the molecule is C=C(C)C(=O)N1CCN(c2ccc3ccccc3n2)CC1. The molecule has 4 nitrogen and oxygen atoms in total. The molecule has 2 heterocycles. The van der Waals surface area contributed by atoms with Crippen molar-refractivity contribution >= 4 is 22.6 Å². The molecule has 1 aliphatic heterocycles. The molecule has 1 aromatic carbocycles. The number of carbonyl (C=O) groups is 1. The minimum atomic E-state index is 0.0566. The van der Waals surface area contributed by atoms with Crippen molar-refractivity contribution in [2.24, 2.45) is 0 Å². The van der Waals surface area contributed by atoms with Gasteiger partial charge in [0, 0.05) is 37.1 Å². The Labute approximate surface area is 124 Å². The molecule has 0 unspecified atom stereocenters. The maximum absolute atomic E-state index is 11.9. The van der Waals surface area contributed by atoms with Gasteiger partial charge in [-0.15, -0.1) is 0 Å². The van der Waals surface area contributed by atoms with Gasteiger partial charge in [0.05, 0.1) is 5.52 Å². The number of benzene rings is 1. The third-order valence-electron chi connectivity index (χ3n) is 3.84. The lowest BCUT2D eigenvalue weighted by Crippen LogP contribution is -2.49. The van der Waals surface area contributed by atoms with Crippen LogP contribution in [0.15, 0.2) is 48.6 Å². The molecule has 0 radical (unpaired) electrons. The van der Waals surface area contributed by atoms with Crippen LogP contribution in [0, 0.1) is 0 Å². The number of hydrogen-bond donors (Lipinski definition) is 0. The average Bonchev–Trinajstić information content (AvgIpc) is 2.54. The normalized spacial score (nSPS) is 15.3. The lowest BCUT2D eigenvalue weighted by Gasteiger charge is -2.35. The summed E-state index contributed by atoms with van der Waals surface area (Å²) >= 11 is 0. The van der Waals surface area contributed by atoms with Crippen LogP contribution in [0.5, 0.6) is 0 Å². The molecule has 0 aliphatic carbocycles. The molecule has 21 heavy (non-hydrogen) atoms. The Bertz CT molecular complexity index is 687. The zero-order chi connectivity index (χ0) is 14.8. The van der Waals surface area contributed by atoms with Crippen LogP contribution in [-0.2, 0) is 4.79 Å². The van der Waals surface area contributed by atoms with Crippen molar-refractivity contribution in [1.29, 1.82) is 0 Å². The Kier molecular flexibility index (Phi) is 3.60. The minimum Gasteiger partial charge on any atom is -0.353 e. The van der Waals surface area contributed by atoms with Gasteiger partial charge in [0.2, 0.25) is 5.91 Å². The molecule has 0 N–H and O–H groups in total. The first kappa shape index (κ1) is 13.6. The summed E-state index contributed by atoms with van der Waals surface area (Å²) in [4.78, 5) is 20.7. The first-order valence-electron chi connectivity index (χ1n) is 7.21. The first-order valence-corrected chi connectivity index (χ1v) is 7.21. The van der Waals surface area contributed by atoms with Crippen LogP contribution in [0.3, 0.4) is 0 Å². The second kappa shape index (κ2) is 5.56. The minimum absolute atomic E-state index is 0.0566. The molecule has 1 amide bonds. The number of hydrogen-bond acceptors (Lipinski definition) is 3. The van der Waals surface area contributed by atoms with Crippen LogP contribution in [-0.4, -0.2) is 42.0 Å². The highest BCUT2D eigenvalue weighted by atomic mass is 16.2. The fourth-order valence-electron chi connectivity index (χ4n) is 2.64. The summed E-state index contributed by atoms with van der Waals surface area (Å²) in [6.07, 6.45) is 0. The molecule has 1 fully saturated rings. The Balaban J connectivity index is 1.73. The highest BCUT2D eigenvalue weighted by molar-refractivity contribution is 5.92. The number of carbonyl (C=O) groups excluding carboxylic acids is 1. The molecule has 108 valence electrons. The van der Waals surface area contributed by atoms with Crippen molar-refractivity contribution in [3.63, 3.8) is 0 Å². The van der Waals surface area contributed by atoms with Crippen LogP contribution >= 0.6 is 0 Å². The van der Waals surface area contributed by atoms with E-state index in [2.05, 4.69) is 29.7 Å². The van der Waals surface area contributed by atoms with Crippen molar-refractivity contribution in [2.45, 2.75) is 6.92 Å². The molecule has 1 saturated heterocycles. The third-order valence-corrected chi connectivity index (χ3v) is 3.84. The lowest BCUT2D eigenvalue weighted by atomic mass is 10.2. The molecule has 0 atom stereocenters. The van der Waals surface area contributed by atoms with E-state index in [1.807, 2.05) is 23.1 Å². The Morgan fingerprint density at radius 1 is 1.10 bits per heavy atom. The maximum atomic E-state index is 11.9. The summed E-state index contributed by atoms with van der Waals surface area (Å²) in [5.74, 6) is 1.04. The van der Waals surface area contributed by atoms with Gasteiger partial charge in [-0.1, -0.05) is 24.8 Å². The molecule has 0 bridgehead atoms. The smallest absolute Gasteiger partial charge is 0.249 e. The Hall–Kier alpha value is -2.36. The zero-order valence-corrected chi connectivity index (χ0v) is 12.2. The van der Waals surface area contributed by atoms with E-state index < -0.39 is 0 Å². The zero-order valence-electron chi connectivity index (χ0n) is 12.2. The molecule has 3 rings (SSSR count). The number of nitrogens with zero attached hydrogens (tertiary/aromatic N) is 3. The van der Waals surface area contributed by atoms with Crippen LogP contribution < -0.4 is 4.90 Å². The number of rotatable bonds is 2. The summed E-state index contributed by atoms with van der Waals surface area (Å²) in [7, 11) is 0. The van der Waals surface area contributed by atoms with Crippen LogP contribution in [0.25, 0.3) is 10.9 Å². The van der Waals surface area contributed by atoms with Crippen molar-refractivity contribution < 1.29 is 4.79 Å². The topological polar surface area (TPSA) is 36.4 Å². The summed E-state index contributed by atoms with van der Waals surface area (Å²) in [6, 6.07) is 12.3. The fourth-order valence-corrected chi connectivity index (χ4v) is 2.64. The van der Waals surface area contributed by atoms with Gasteiger partial charge < -0.3 is 9.80 Å². The van der Waals surface area contributed by atoms with E-state index >= 15 is 0 Å². The number of amides is 1. The van der Waals surface area contributed by atoms with E-state index in [1.54, 1.807) is 6.92 Å². The Morgan fingerprint density at radius 2 is 1.81 bits per heavy atom. The van der Waals surface area contributed by atoms with Crippen LogP contribution in [0.4, 0.5) is 5.82 Å². The van der Waals surface area contributed by atoms with Crippen molar-refractivity contribution in [3.05, 3.63) is 48.6 Å². The summed E-state index contributed by atoms with van der Waals surface area (Å²) in [6.45, 7) is 8.55. The third kappa shape index (κ3) is 2.75. The predicted octanol–water partition coefficient (Wildman–Crippen LogP) is 2.46. The maximum Gasteiger partial charge on any atom is 0.249 e. The Morgan fingerprint density at radius 3 is 2.52 bits per heavy atom. The van der Waals surface area contributed by atoms with E-state index in [0.29, 0.717) is 5.57 Å². The molecule has 4 heteroatoms. The van der Waals surface area contributed by atoms with E-state index in [9.17, 15) is 4.79 Å². The molecular weight excluding hydrogens is 262 g/mol. The average molecular weight is 281 g/mol. The van der Waals surface area contributed by atoms with E-state index in [4.69, 9.17) is 4.98 Å². The largest absolute Gasteiger partial charge is 0.353 e. The highest BCUT2D eigenvalue weighted by Crippen LogP contribution is 2.19. The van der Waals surface area contributed by atoms with Gasteiger partial charge in [0.1, 0.15) is 5.82 Å². The molecule has 0 spiro atoms. The van der Waals surface area contributed by atoms with Crippen molar-refractivity contribution in [2.75, 3.05) is 31.1 Å². The number of pyridine rings is 1. The van der Waals surface area contributed by atoms with Gasteiger partial charge in [-0.25, -0.2) is 4.98 Å². The van der Waals surface area contributed by atoms with Gasteiger partial charge in [-0.2, -0.15) is 0 Å². The van der Waals surface area contributed by atoms with Crippen molar-refractivity contribution in [1.82, 2.24) is 9.88 Å². The fraction of sp³-hybridized carbons (Fsp3) is 0.294. The monoisotopic (exact) mass is 281 g/mol. The lowest BCUT2D eigenvalue weighted by molar-refractivity contribution is -0.127. The van der Waals surface area contributed by atoms with Crippen LogP contribution in [0.1, 0.15) is 6.92 Å². The second-order valence-electron chi connectivity index (χ2n) is 5.42. The molecule has 1 aromatic heterocycles. The quantitative estimate of drug-likeness (QED) is 0.793. The number of piperazine rings is 1. The van der Waals surface area contributed by atoms with Gasteiger partial charge in [-0.05, 0) is 25.1 Å². The van der Waals surface area contributed by atoms with Gasteiger partial charge in [-0.3, -0.25) is 4.79 Å². The van der Waals surface area contributed by atoms with Crippen LogP contribution in [0.2, 0.25) is 0 Å². The van der Waals surface area contributed by atoms with Gasteiger partial charge in [0.15, 0.2) is 0 Å². The van der Waals surface area contributed by atoms with Gasteiger partial charge in [0.25, 0.3) is 0 Å². The number of anilines is 1. The van der Waals surface area contributed by atoms with E-state index in [0.717, 1.165) is 42.9 Å². The van der Waals surface area contributed by atoms with E-state index in [1.165, 1.54) is 0 Å². The first-order chi connectivity index (χ1) is 10.1. The van der Waals surface area contributed by atoms with Gasteiger partial charge >= 0.3 is 0 Å².